The fraction of sp³-hybridized carbons (Fsp3) is 0.462. The van der Waals surface area contributed by atoms with E-state index in [2.05, 4.69) is 23.7 Å². The average molecular weight is 286 g/mol. The van der Waals surface area contributed by atoms with E-state index in [1.165, 1.54) is 0 Å². The third kappa shape index (κ3) is 2.29. The molecule has 0 amide bonds. The van der Waals surface area contributed by atoms with Crippen molar-refractivity contribution in [1.82, 2.24) is 4.90 Å². The number of rotatable bonds is 3. The smallest absolute Gasteiger partial charge is 0.192 e. The Balaban J connectivity index is 2.39. The molecule has 1 heterocycles. The molecule has 18 heavy (non-hydrogen) atoms. The molecule has 0 spiro atoms. The summed E-state index contributed by atoms with van der Waals surface area (Å²) in [6.45, 7) is 4.87. The van der Waals surface area contributed by atoms with Crippen LogP contribution in [0.2, 0.25) is 10.0 Å². The van der Waals surface area contributed by atoms with Gasteiger partial charge in [0.15, 0.2) is 5.96 Å². The maximum Gasteiger partial charge on any atom is 0.192 e. The van der Waals surface area contributed by atoms with Crippen LogP contribution < -0.4 is 5.73 Å². The summed E-state index contributed by atoms with van der Waals surface area (Å²) in [4.78, 5) is 6.43. The Morgan fingerprint density at radius 3 is 2.61 bits per heavy atom. The monoisotopic (exact) mass is 285 g/mol. The van der Waals surface area contributed by atoms with Gasteiger partial charge in [0.05, 0.1) is 12.6 Å². The molecular formula is C13H17Cl2N3. The van der Waals surface area contributed by atoms with E-state index in [9.17, 15) is 0 Å². The molecule has 2 N–H and O–H groups in total. The number of benzene rings is 1. The van der Waals surface area contributed by atoms with E-state index in [4.69, 9.17) is 28.9 Å². The standard InChI is InChI=1S/C13H17Cl2N3/c1-3-8(2)18-11(7-17-13(18)16)12-9(14)5-4-6-10(12)15/h4-6,8,11H,3,7H2,1-2H3,(H2,16,17). The number of nitrogens with zero attached hydrogens (tertiary/aromatic N) is 2. The van der Waals surface area contributed by atoms with Crippen LogP contribution in [0.5, 0.6) is 0 Å². The summed E-state index contributed by atoms with van der Waals surface area (Å²) < 4.78 is 0. The maximum atomic E-state index is 6.27. The van der Waals surface area contributed by atoms with Gasteiger partial charge in [-0.25, -0.2) is 0 Å². The van der Waals surface area contributed by atoms with Gasteiger partial charge in [0.25, 0.3) is 0 Å². The quantitative estimate of drug-likeness (QED) is 0.924. The van der Waals surface area contributed by atoms with Gasteiger partial charge in [0.2, 0.25) is 0 Å². The number of guanidine groups is 1. The van der Waals surface area contributed by atoms with E-state index in [0.29, 0.717) is 28.6 Å². The van der Waals surface area contributed by atoms with Crippen molar-refractivity contribution in [2.75, 3.05) is 6.54 Å². The zero-order valence-corrected chi connectivity index (χ0v) is 12.0. The Labute approximate surface area is 118 Å². The van der Waals surface area contributed by atoms with Crippen LogP contribution in [0, 0.1) is 0 Å². The SMILES string of the molecule is CCC(C)N1C(N)=NCC1c1c(Cl)cccc1Cl. The van der Waals surface area contributed by atoms with Gasteiger partial charge in [0.1, 0.15) is 0 Å². The average Bonchev–Trinajstić information content (AvgIpc) is 2.70. The van der Waals surface area contributed by atoms with Crippen LogP contribution >= 0.6 is 23.2 Å². The highest BCUT2D eigenvalue weighted by Crippen LogP contribution is 2.37. The maximum absolute atomic E-state index is 6.27. The van der Waals surface area contributed by atoms with Gasteiger partial charge >= 0.3 is 0 Å². The van der Waals surface area contributed by atoms with Gasteiger partial charge in [0, 0.05) is 21.7 Å². The molecule has 0 saturated carbocycles. The molecule has 1 aromatic carbocycles. The van der Waals surface area contributed by atoms with Crippen LogP contribution in [-0.4, -0.2) is 23.4 Å². The first-order valence-corrected chi connectivity index (χ1v) is 6.84. The van der Waals surface area contributed by atoms with Crippen LogP contribution in [0.15, 0.2) is 23.2 Å². The normalized spacial score (nSPS) is 21.0. The third-order valence-electron chi connectivity index (χ3n) is 3.43. The first-order valence-electron chi connectivity index (χ1n) is 6.08. The number of halogens is 2. The lowest BCUT2D eigenvalue weighted by molar-refractivity contribution is 0.268. The highest BCUT2D eigenvalue weighted by Gasteiger charge is 2.33. The van der Waals surface area contributed by atoms with Gasteiger partial charge in [-0.2, -0.15) is 0 Å². The first kappa shape index (κ1) is 13.5. The Hall–Kier alpha value is -0.930. The topological polar surface area (TPSA) is 41.6 Å². The van der Waals surface area contributed by atoms with Gasteiger partial charge in [-0.1, -0.05) is 36.2 Å². The van der Waals surface area contributed by atoms with E-state index in [0.717, 1.165) is 12.0 Å². The van der Waals surface area contributed by atoms with E-state index in [-0.39, 0.29) is 6.04 Å². The van der Waals surface area contributed by atoms with E-state index >= 15 is 0 Å². The fourth-order valence-corrected chi connectivity index (χ4v) is 2.95. The van der Waals surface area contributed by atoms with Crippen LogP contribution in [0.1, 0.15) is 31.9 Å². The molecule has 1 aliphatic rings. The lowest BCUT2D eigenvalue weighted by Crippen LogP contribution is -2.42. The molecule has 0 fully saturated rings. The third-order valence-corrected chi connectivity index (χ3v) is 4.08. The molecular weight excluding hydrogens is 269 g/mol. The summed E-state index contributed by atoms with van der Waals surface area (Å²) in [7, 11) is 0. The van der Waals surface area contributed by atoms with Crippen LogP contribution in [0.3, 0.4) is 0 Å². The Bertz CT molecular complexity index is 453. The van der Waals surface area contributed by atoms with Crippen LogP contribution in [0.4, 0.5) is 0 Å². The first-order chi connectivity index (χ1) is 8.56. The van der Waals surface area contributed by atoms with Crippen molar-refractivity contribution in [3.8, 4) is 0 Å². The number of nitrogens with two attached hydrogens (primary N) is 1. The van der Waals surface area contributed by atoms with Crippen molar-refractivity contribution in [2.24, 2.45) is 10.7 Å². The molecule has 2 rings (SSSR count). The largest absolute Gasteiger partial charge is 0.370 e. The zero-order chi connectivity index (χ0) is 13.3. The summed E-state index contributed by atoms with van der Waals surface area (Å²) in [5, 5.41) is 1.34. The molecule has 0 aliphatic carbocycles. The molecule has 0 saturated heterocycles. The lowest BCUT2D eigenvalue weighted by atomic mass is 10.0. The van der Waals surface area contributed by atoms with Gasteiger partial charge < -0.3 is 10.6 Å². The Morgan fingerprint density at radius 2 is 2.06 bits per heavy atom. The summed E-state index contributed by atoms with van der Waals surface area (Å²) in [6.07, 6.45) is 0.995. The van der Waals surface area contributed by atoms with Crippen molar-refractivity contribution in [3.63, 3.8) is 0 Å². The van der Waals surface area contributed by atoms with E-state index in [1.54, 1.807) is 0 Å². The minimum Gasteiger partial charge on any atom is -0.370 e. The molecule has 1 aliphatic heterocycles. The van der Waals surface area contributed by atoms with E-state index in [1.807, 2.05) is 18.2 Å². The molecule has 98 valence electrons. The molecule has 2 atom stereocenters. The van der Waals surface area contributed by atoms with Gasteiger partial charge in [-0.05, 0) is 25.5 Å². The molecule has 0 bridgehead atoms. The number of aliphatic imine (C=N–C) groups is 1. The number of hydrogen-bond donors (Lipinski definition) is 1. The zero-order valence-electron chi connectivity index (χ0n) is 10.5. The van der Waals surface area contributed by atoms with Crippen molar-refractivity contribution >= 4 is 29.2 Å². The Kier molecular flexibility index (Phi) is 4.03. The van der Waals surface area contributed by atoms with Crippen molar-refractivity contribution in [3.05, 3.63) is 33.8 Å². The fourth-order valence-electron chi connectivity index (χ4n) is 2.30. The summed E-state index contributed by atoms with van der Waals surface area (Å²) in [5.41, 5.74) is 6.89. The van der Waals surface area contributed by atoms with E-state index < -0.39 is 0 Å². The molecule has 0 aromatic heterocycles. The van der Waals surface area contributed by atoms with Crippen molar-refractivity contribution < 1.29 is 0 Å². The van der Waals surface area contributed by atoms with Crippen LogP contribution in [0.25, 0.3) is 0 Å². The second kappa shape index (κ2) is 5.37. The highest BCUT2D eigenvalue weighted by atomic mass is 35.5. The minimum absolute atomic E-state index is 0.0427. The lowest BCUT2D eigenvalue weighted by Gasteiger charge is -2.32. The second-order valence-electron chi connectivity index (χ2n) is 4.51. The highest BCUT2D eigenvalue weighted by molar-refractivity contribution is 6.36. The van der Waals surface area contributed by atoms with Gasteiger partial charge in [-0.3, -0.25) is 4.99 Å². The number of hydrogen-bond acceptors (Lipinski definition) is 3. The molecule has 0 radical (unpaired) electrons. The molecule has 2 unspecified atom stereocenters. The predicted molar refractivity (Wildman–Crippen MR) is 77.3 cm³/mol. The minimum atomic E-state index is 0.0427. The molecule has 1 aromatic rings. The predicted octanol–water partition coefficient (Wildman–Crippen LogP) is 3.46. The van der Waals surface area contributed by atoms with Gasteiger partial charge in [-0.15, -0.1) is 0 Å². The summed E-state index contributed by atoms with van der Waals surface area (Å²) >= 11 is 12.5. The Morgan fingerprint density at radius 1 is 1.44 bits per heavy atom. The molecule has 5 heteroatoms. The van der Waals surface area contributed by atoms with Crippen molar-refractivity contribution in [1.29, 1.82) is 0 Å². The summed E-state index contributed by atoms with van der Waals surface area (Å²) in [6, 6.07) is 5.91. The molecule has 3 nitrogen and oxygen atoms in total. The van der Waals surface area contributed by atoms with Crippen LogP contribution in [-0.2, 0) is 0 Å². The summed E-state index contributed by atoms with van der Waals surface area (Å²) in [5.74, 6) is 0.574. The van der Waals surface area contributed by atoms with Crippen molar-refractivity contribution in [2.45, 2.75) is 32.4 Å². The second-order valence-corrected chi connectivity index (χ2v) is 5.33.